The van der Waals surface area contributed by atoms with E-state index in [1.54, 1.807) is 0 Å². The van der Waals surface area contributed by atoms with Crippen molar-refractivity contribution in [3.8, 4) is 0 Å². The fraction of sp³-hybridized carbons (Fsp3) is 0.0625. The summed E-state index contributed by atoms with van der Waals surface area (Å²) in [6, 6.07) is 10.2. The molecule has 1 nitrogen and oxygen atoms in total. The zero-order valence-electron chi connectivity index (χ0n) is 9.54. The van der Waals surface area contributed by atoms with E-state index >= 15 is 0 Å². The quantitative estimate of drug-likeness (QED) is 0.560. The standard InChI is InChI=1S/C16H14O/c17-13-16-11-15(12-16)10-6-2-5-9-14-7-3-1-4-8-14/h1-11,13H,12H2. The lowest BCUT2D eigenvalue weighted by Gasteiger charge is -2.11. The number of allylic oxidation sites excluding steroid dienone is 7. The molecule has 1 aliphatic carbocycles. The van der Waals surface area contributed by atoms with Crippen molar-refractivity contribution in [3.63, 3.8) is 0 Å². The largest absolute Gasteiger partial charge is 0.298 e. The van der Waals surface area contributed by atoms with E-state index in [0.717, 1.165) is 18.3 Å². The van der Waals surface area contributed by atoms with E-state index in [1.807, 2.05) is 48.6 Å². The van der Waals surface area contributed by atoms with Crippen molar-refractivity contribution in [3.05, 3.63) is 77.4 Å². The summed E-state index contributed by atoms with van der Waals surface area (Å²) < 4.78 is 0. The van der Waals surface area contributed by atoms with Crippen molar-refractivity contribution in [1.29, 1.82) is 0 Å². The van der Waals surface area contributed by atoms with E-state index in [0.29, 0.717) is 0 Å². The summed E-state index contributed by atoms with van der Waals surface area (Å²) in [4.78, 5) is 10.3. The fourth-order valence-electron chi connectivity index (χ4n) is 1.60. The highest BCUT2D eigenvalue weighted by Gasteiger charge is 2.08. The van der Waals surface area contributed by atoms with Crippen molar-refractivity contribution >= 4 is 12.4 Å². The Morgan fingerprint density at radius 2 is 1.76 bits per heavy atom. The number of hydrogen-bond acceptors (Lipinski definition) is 1. The van der Waals surface area contributed by atoms with Crippen LogP contribution >= 0.6 is 0 Å². The molecule has 0 aliphatic heterocycles. The van der Waals surface area contributed by atoms with Gasteiger partial charge < -0.3 is 0 Å². The molecule has 0 atom stereocenters. The second-order valence-electron chi connectivity index (χ2n) is 3.91. The van der Waals surface area contributed by atoms with Crippen LogP contribution in [0.2, 0.25) is 0 Å². The third kappa shape index (κ3) is 3.42. The molecule has 0 spiro atoms. The Bertz CT molecular complexity index is 502. The molecule has 0 radical (unpaired) electrons. The Kier molecular flexibility index (Phi) is 3.87. The number of aldehydes is 1. The minimum absolute atomic E-state index is 0.802. The van der Waals surface area contributed by atoms with Gasteiger partial charge in [-0.05, 0) is 16.7 Å². The topological polar surface area (TPSA) is 17.1 Å². The number of rotatable bonds is 4. The van der Waals surface area contributed by atoms with Crippen LogP contribution < -0.4 is 0 Å². The summed E-state index contributed by atoms with van der Waals surface area (Å²) in [5.41, 5.74) is 3.28. The smallest absolute Gasteiger partial charge is 0.146 e. The second-order valence-corrected chi connectivity index (χ2v) is 3.91. The van der Waals surface area contributed by atoms with E-state index in [4.69, 9.17) is 0 Å². The first-order chi connectivity index (χ1) is 8.38. The minimum Gasteiger partial charge on any atom is -0.298 e. The normalized spacial score (nSPS) is 17.4. The lowest BCUT2D eigenvalue weighted by Crippen LogP contribution is -1.98. The van der Waals surface area contributed by atoms with Crippen molar-refractivity contribution in [2.75, 3.05) is 0 Å². The molecule has 0 unspecified atom stereocenters. The van der Waals surface area contributed by atoms with Gasteiger partial charge in [0.1, 0.15) is 6.29 Å². The van der Waals surface area contributed by atoms with Gasteiger partial charge in [0, 0.05) is 6.42 Å². The molecule has 0 N–H and O–H groups in total. The van der Waals surface area contributed by atoms with Gasteiger partial charge in [-0.25, -0.2) is 0 Å². The molecule has 0 bridgehead atoms. The first kappa shape index (κ1) is 11.3. The molecule has 0 heterocycles. The Morgan fingerprint density at radius 3 is 2.47 bits per heavy atom. The van der Waals surface area contributed by atoms with E-state index in [9.17, 15) is 4.79 Å². The molecule has 1 aliphatic rings. The average Bonchev–Trinajstić information content (AvgIpc) is 2.32. The number of carbonyl (C=O) groups is 1. The zero-order valence-corrected chi connectivity index (χ0v) is 9.54. The molecule has 1 heteroatoms. The van der Waals surface area contributed by atoms with Gasteiger partial charge >= 0.3 is 0 Å². The summed E-state index contributed by atoms with van der Waals surface area (Å²) in [5, 5.41) is 0. The van der Waals surface area contributed by atoms with Crippen LogP contribution in [0.1, 0.15) is 12.0 Å². The van der Waals surface area contributed by atoms with Gasteiger partial charge in [-0.1, -0.05) is 66.8 Å². The summed E-state index contributed by atoms with van der Waals surface area (Å²) >= 11 is 0. The van der Waals surface area contributed by atoms with Crippen LogP contribution in [0.3, 0.4) is 0 Å². The highest BCUT2D eigenvalue weighted by atomic mass is 16.1. The van der Waals surface area contributed by atoms with Crippen LogP contribution in [0.25, 0.3) is 6.08 Å². The molecule has 0 aromatic heterocycles. The predicted molar refractivity (Wildman–Crippen MR) is 71.5 cm³/mol. The molecule has 17 heavy (non-hydrogen) atoms. The number of carbonyl (C=O) groups excluding carboxylic acids is 1. The predicted octanol–water partition coefficient (Wildman–Crippen LogP) is 3.71. The van der Waals surface area contributed by atoms with Crippen LogP contribution in [-0.2, 0) is 4.79 Å². The third-order valence-electron chi connectivity index (χ3n) is 2.55. The molecule has 0 fully saturated rings. The highest BCUT2D eigenvalue weighted by molar-refractivity contribution is 5.79. The lowest BCUT2D eigenvalue weighted by atomic mass is 9.93. The van der Waals surface area contributed by atoms with E-state index in [1.165, 1.54) is 11.1 Å². The van der Waals surface area contributed by atoms with Crippen LogP contribution in [-0.4, -0.2) is 6.29 Å². The number of hydrogen-bond donors (Lipinski definition) is 0. The van der Waals surface area contributed by atoms with Crippen LogP contribution in [0, 0.1) is 0 Å². The molecule has 0 saturated carbocycles. The highest BCUT2D eigenvalue weighted by Crippen LogP contribution is 2.22. The Morgan fingerprint density at radius 1 is 1.00 bits per heavy atom. The first-order valence-electron chi connectivity index (χ1n) is 5.63. The van der Waals surface area contributed by atoms with Gasteiger partial charge in [0.05, 0.1) is 0 Å². The van der Waals surface area contributed by atoms with E-state index in [-0.39, 0.29) is 0 Å². The summed E-state index contributed by atoms with van der Waals surface area (Å²) in [6.45, 7) is 0. The van der Waals surface area contributed by atoms with E-state index in [2.05, 4.69) is 18.2 Å². The molecule has 2 rings (SSSR count). The molecular formula is C16H14O. The SMILES string of the molecule is O=CC1=CC(=CC=CC=Cc2ccccc2)C1. The average molecular weight is 222 g/mol. The summed E-state index contributed by atoms with van der Waals surface area (Å²) in [6.07, 6.45) is 13.7. The minimum atomic E-state index is 0.802. The summed E-state index contributed by atoms with van der Waals surface area (Å²) in [7, 11) is 0. The second kappa shape index (κ2) is 5.80. The van der Waals surface area contributed by atoms with Crippen LogP contribution in [0.4, 0.5) is 0 Å². The van der Waals surface area contributed by atoms with Crippen molar-refractivity contribution < 1.29 is 4.79 Å². The van der Waals surface area contributed by atoms with Gasteiger partial charge in [0.2, 0.25) is 0 Å². The van der Waals surface area contributed by atoms with Crippen molar-refractivity contribution in [2.24, 2.45) is 0 Å². The molecular weight excluding hydrogens is 208 g/mol. The fourth-order valence-corrected chi connectivity index (χ4v) is 1.60. The van der Waals surface area contributed by atoms with Gasteiger partial charge in [-0.3, -0.25) is 4.79 Å². The maximum Gasteiger partial charge on any atom is 0.146 e. The molecule has 0 amide bonds. The first-order valence-corrected chi connectivity index (χ1v) is 5.63. The number of benzene rings is 1. The van der Waals surface area contributed by atoms with Gasteiger partial charge in [0.15, 0.2) is 0 Å². The molecule has 0 saturated heterocycles. The third-order valence-corrected chi connectivity index (χ3v) is 2.55. The van der Waals surface area contributed by atoms with E-state index < -0.39 is 0 Å². The Hall–Kier alpha value is -2.15. The monoisotopic (exact) mass is 222 g/mol. The van der Waals surface area contributed by atoms with Crippen molar-refractivity contribution in [2.45, 2.75) is 6.42 Å². The van der Waals surface area contributed by atoms with Crippen molar-refractivity contribution in [1.82, 2.24) is 0 Å². The van der Waals surface area contributed by atoms with Crippen LogP contribution in [0.5, 0.6) is 0 Å². The maximum atomic E-state index is 10.3. The molecule has 1 aromatic rings. The van der Waals surface area contributed by atoms with Crippen LogP contribution in [0.15, 0.2) is 71.9 Å². The molecule has 84 valence electrons. The zero-order chi connectivity index (χ0) is 11.9. The maximum absolute atomic E-state index is 10.3. The van der Waals surface area contributed by atoms with Gasteiger partial charge in [-0.15, -0.1) is 0 Å². The Labute approximate surface area is 101 Å². The molecule has 1 aromatic carbocycles. The summed E-state index contributed by atoms with van der Waals surface area (Å²) in [5.74, 6) is 0. The Balaban J connectivity index is 1.85. The van der Waals surface area contributed by atoms with Gasteiger partial charge in [0.25, 0.3) is 0 Å². The lowest BCUT2D eigenvalue weighted by molar-refractivity contribution is -0.105. The van der Waals surface area contributed by atoms with Gasteiger partial charge in [-0.2, -0.15) is 0 Å².